The van der Waals surface area contributed by atoms with Crippen LogP contribution in [-0.2, 0) is 136 Å². The third kappa shape index (κ3) is 30.1. The smallest absolute Gasteiger partial charge is 0.396 e. The molecule has 0 aliphatic carbocycles. The summed E-state index contributed by atoms with van der Waals surface area (Å²) in [5, 5.41) is -20.3. The van der Waals surface area contributed by atoms with Gasteiger partial charge in [-0.2, -0.15) is 43.9 Å². The average molecular weight is 1570 g/mol. The zero-order chi connectivity index (χ0) is 81.2. The zero-order valence-electron chi connectivity index (χ0n) is 58.5. The van der Waals surface area contributed by atoms with Crippen LogP contribution >= 0.6 is 0 Å². The highest BCUT2D eigenvalue weighted by atomic mass is 32.2. The van der Waals surface area contributed by atoms with E-state index in [-0.39, 0.29) is 13.0 Å². The molecule has 0 rings (SSSR count). The van der Waals surface area contributed by atoms with Gasteiger partial charge in [-0.05, 0) is 109 Å². The summed E-state index contributed by atoms with van der Waals surface area (Å²) in [7, 11) is -23.0. The van der Waals surface area contributed by atoms with E-state index in [4.69, 9.17) is 28.4 Å². The number of alkyl halides is 10. The van der Waals surface area contributed by atoms with E-state index in [0.717, 1.165) is 41.9 Å². The van der Waals surface area contributed by atoms with Crippen LogP contribution in [0.4, 0.5) is 43.9 Å². The summed E-state index contributed by atoms with van der Waals surface area (Å²) in [6.07, 6.45) is -0.789. The SMILES string of the molecule is CCC(C)(C)C(=O)OC(C)(OCC(F)(F)S(=O)(=O)[O-])C(=O)OC.CCC(C)(C)C(=O)OC(C)(OCC(F)(F)S(=O)(=O)[O-])C(=O)OC(C)(C)C.CCC(C)(C)C(=O)OC(C)(OCCC(F)(F)C(F)(F)S(=O)(=O)[O-])C(=O)OC.CCOC(=O)C(C)(OCC(F)(F)S(=O)(=O)[O-])OC(=O)C(C)(C)CC. The molecule has 46 heteroatoms. The van der Waals surface area contributed by atoms with Gasteiger partial charge < -0.3 is 75.1 Å². The highest BCUT2D eigenvalue weighted by Gasteiger charge is 2.62. The Balaban J connectivity index is -0.000000616. The normalized spacial score (nSPS) is 15.7. The van der Waals surface area contributed by atoms with E-state index in [1.54, 1.807) is 27.7 Å². The van der Waals surface area contributed by atoms with E-state index in [1.807, 2.05) is 0 Å². The van der Waals surface area contributed by atoms with Crippen LogP contribution in [0.1, 0.15) is 171 Å². The maximum atomic E-state index is 13.4. The van der Waals surface area contributed by atoms with Crippen molar-refractivity contribution in [3.05, 3.63) is 0 Å². The summed E-state index contributed by atoms with van der Waals surface area (Å²) < 4.78 is 314. The minimum Gasteiger partial charge on any atom is -0.743 e. The molecule has 0 N–H and O–H groups in total. The number of methoxy groups -OCH3 is 2. The van der Waals surface area contributed by atoms with Crippen molar-refractivity contribution in [2.75, 3.05) is 47.3 Å². The van der Waals surface area contributed by atoms with Crippen molar-refractivity contribution in [2.24, 2.45) is 21.7 Å². The van der Waals surface area contributed by atoms with E-state index in [9.17, 15) is 134 Å². The highest BCUT2D eigenvalue weighted by Crippen LogP contribution is 2.41. The molecule has 0 aromatic heterocycles. The maximum absolute atomic E-state index is 13.4. The van der Waals surface area contributed by atoms with Crippen molar-refractivity contribution in [3.63, 3.8) is 0 Å². The van der Waals surface area contributed by atoms with Crippen LogP contribution in [0.5, 0.6) is 0 Å². The first kappa shape index (κ1) is 101. The Bertz CT molecular complexity index is 3280. The molecule has 0 heterocycles. The largest absolute Gasteiger partial charge is 0.743 e. The Morgan fingerprint density at radius 3 is 0.760 bits per heavy atom. The van der Waals surface area contributed by atoms with Gasteiger partial charge in [-0.15, -0.1) is 0 Å². The summed E-state index contributed by atoms with van der Waals surface area (Å²) in [5.41, 5.74) is -5.39. The lowest BCUT2D eigenvalue weighted by molar-refractivity contribution is -0.256. The fourth-order valence-corrected chi connectivity index (χ4v) is 6.02. The van der Waals surface area contributed by atoms with Gasteiger partial charge in [-0.1, -0.05) is 27.7 Å². The van der Waals surface area contributed by atoms with Gasteiger partial charge in [0.1, 0.15) is 25.4 Å². The Kier molecular flexibility index (Phi) is 36.6. The summed E-state index contributed by atoms with van der Waals surface area (Å²) in [6, 6.07) is 0. The molecule has 32 nitrogen and oxygen atoms in total. The lowest BCUT2D eigenvalue weighted by Gasteiger charge is -2.34. The first-order valence-electron chi connectivity index (χ1n) is 28.7. The van der Waals surface area contributed by atoms with Gasteiger partial charge in [-0.3, -0.25) is 19.2 Å². The van der Waals surface area contributed by atoms with Crippen molar-refractivity contribution in [2.45, 2.75) is 226 Å². The van der Waals surface area contributed by atoms with E-state index in [1.165, 1.54) is 83.1 Å². The third-order valence-electron chi connectivity index (χ3n) is 13.6. The second-order valence-electron chi connectivity index (χ2n) is 24.9. The second-order valence-corrected chi connectivity index (χ2v) is 30.8. The predicted octanol–water partition coefficient (Wildman–Crippen LogP) is 6.62. The summed E-state index contributed by atoms with van der Waals surface area (Å²) in [4.78, 5) is 96.0. The number of carbonyl (C=O) groups is 8. The van der Waals surface area contributed by atoms with Crippen molar-refractivity contribution in [3.8, 4) is 0 Å². The molecule has 4 atom stereocenters. The Labute approximate surface area is 572 Å². The van der Waals surface area contributed by atoms with E-state index in [0.29, 0.717) is 19.3 Å². The quantitative estimate of drug-likeness (QED) is 0.0211. The monoisotopic (exact) mass is 1560 g/mol. The van der Waals surface area contributed by atoms with Crippen LogP contribution < -0.4 is 0 Å². The molecule has 0 fully saturated rings. The van der Waals surface area contributed by atoms with E-state index in [2.05, 4.69) is 28.4 Å². The molecule has 100 heavy (non-hydrogen) atoms. The van der Waals surface area contributed by atoms with Crippen molar-refractivity contribution >= 4 is 88.2 Å². The molecule has 592 valence electrons. The van der Waals surface area contributed by atoms with Crippen LogP contribution in [0.3, 0.4) is 0 Å². The minimum absolute atomic E-state index is 0.178. The van der Waals surface area contributed by atoms with Crippen LogP contribution in [0, 0.1) is 21.7 Å². The molecule has 0 amide bonds. The molecule has 0 saturated carbocycles. The van der Waals surface area contributed by atoms with Crippen molar-refractivity contribution in [1.29, 1.82) is 0 Å². The molecule has 0 radical (unpaired) electrons. The molecular formula is C54H86F10O32S4-4. The van der Waals surface area contributed by atoms with Crippen LogP contribution in [0.2, 0.25) is 0 Å². The molecule has 4 unspecified atom stereocenters. The van der Waals surface area contributed by atoms with Gasteiger partial charge in [-0.25, -0.2) is 52.8 Å². The van der Waals surface area contributed by atoms with E-state index >= 15 is 0 Å². The van der Waals surface area contributed by atoms with Gasteiger partial charge in [0.15, 0.2) is 40.5 Å². The molecule has 0 aliphatic rings. The van der Waals surface area contributed by atoms with Gasteiger partial charge in [0.25, 0.3) is 0 Å². The zero-order valence-corrected chi connectivity index (χ0v) is 61.8. The average Bonchev–Trinajstić information content (AvgIpc) is 0.791. The molecule has 0 bridgehead atoms. The summed E-state index contributed by atoms with van der Waals surface area (Å²) >= 11 is 0. The summed E-state index contributed by atoms with van der Waals surface area (Å²) in [6.45, 7) is 20.0. The number of hydrogen-bond donors (Lipinski definition) is 0. The van der Waals surface area contributed by atoms with Gasteiger partial charge in [0.05, 0.1) is 49.1 Å². The minimum atomic E-state index is -6.65. The van der Waals surface area contributed by atoms with E-state index < -0.39 is 198 Å². The Morgan fingerprint density at radius 2 is 0.560 bits per heavy atom. The van der Waals surface area contributed by atoms with Gasteiger partial charge >= 0.3 is 97.8 Å². The van der Waals surface area contributed by atoms with Gasteiger partial charge in [0.2, 0.25) is 0 Å². The first-order chi connectivity index (χ1) is 43.9. The first-order valence-corrected chi connectivity index (χ1v) is 34.3. The molecule has 0 spiro atoms. The second kappa shape index (κ2) is 36.3. The number of hydrogen-bond acceptors (Lipinski definition) is 32. The Hall–Kier alpha value is -5.46. The molecule has 0 saturated heterocycles. The van der Waals surface area contributed by atoms with Crippen LogP contribution in [-0.4, -0.2) is 203 Å². The predicted molar refractivity (Wildman–Crippen MR) is 313 cm³/mol. The number of halogens is 10. The number of carbonyl (C=O) groups excluding carboxylic acids is 8. The lowest BCUT2D eigenvalue weighted by Crippen LogP contribution is -2.51. The third-order valence-corrected chi connectivity index (χ3v) is 17.1. The van der Waals surface area contributed by atoms with Crippen molar-refractivity contribution in [1.82, 2.24) is 0 Å². The van der Waals surface area contributed by atoms with Crippen LogP contribution in [0.15, 0.2) is 0 Å². The van der Waals surface area contributed by atoms with Crippen molar-refractivity contribution < 1.29 is 191 Å². The molecular weight excluding hydrogens is 1480 g/mol. The molecule has 0 aliphatic heterocycles. The molecule has 0 aromatic rings. The fraction of sp³-hybridized carbons (Fsp3) is 0.852. The van der Waals surface area contributed by atoms with Crippen LogP contribution in [0.25, 0.3) is 0 Å². The molecule has 0 aromatic carbocycles. The standard InChI is InChI=1S/C15H26F2O8S.C14H22F4O8S.C13H22F2O8S.C12H20F2O8S/c1-8-13(5,6)10(18)25-14(7,11(19)24-12(2,3)4)23-9-15(16,17)26(20,21)22;1-6-11(2,3)9(19)26-12(4,10(20)24-5)25-8-7-13(15,16)14(17,18)27(21,22)23;1-6-11(3,4)9(16)23-12(5,10(17)21-7-2)22-8-13(14,15)24(18,19)20;1-6-10(2,3)8(15)22-11(4,9(16)20-5)21-7-12(13,14)23(17,18)19/h8-9H2,1-7H3,(H,20,21,22);6-8H2,1-5H3,(H,21,22,23);6-8H2,1-5H3,(H,18,19,20);6-7H2,1-5H3,(H,17,18,19)/p-4. The Morgan fingerprint density at radius 1 is 0.330 bits per heavy atom. The number of ether oxygens (including phenoxy) is 12. The number of rotatable bonds is 35. The lowest BCUT2D eigenvalue weighted by atomic mass is 9.90. The highest BCUT2D eigenvalue weighted by molar-refractivity contribution is 7.87. The number of esters is 8. The fourth-order valence-electron chi connectivity index (χ4n) is 4.95. The summed E-state index contributed by atoms with van der Waals surface area (Å²) in [5.74, 6) is -24.9. The maximum Gasteiger partial charge on any atom is 0.396 e. The van der Waals surface area contributed by atoms with Gasteiger partial charge in [0, 0.05) is 34.1 Å². The topological polar surface area (TPSA) is 476 Å².